The molecule has 26 heavy (non-hydrogen) atoms. The third-order valence-corrected chi connectivity index (χ3v) is 3.64. The molecule has 0 fully saturated rings. The Morgan fingerprint density at radius 3 is 2.15 bits per heavy atom. The number of carbonyl (C=O) groups is 2. The summed E-state index contributed by atoms with van der Waals surface area (Å²) in [7, 11) is 4.63. The van der Waals surface area contributed by atoms with Crippen molar-refractivity contribution in [2.24, 2.45) is 0 Å². The van der Waals surface area contributed by atoms with Crippen LogP contribution in [0.3, 0.4) is 0 Å². The van der Waals surface area contributed by atoms with Crippen LogP contribution in [0.2, 0.25) is 0 Å². The quantitative estimate of drug-likeness (QED) is 0.708. The van der Waals surface area contributed by atoms with Gasteiger partial charge >= 0.3 is 0 Å². The van der Waals surface area contributed by atoms with Crippen LogP contribution in [-0.4, -0.2) is 33.1 Å². The Kier molecular flexibility index (Phi) is 6.84. The van der Waals surface area contributed by atoms with Crippen molar-refractivity contribution in [1.82, 2.24) is 5.32 Å². The Balaban J connectivity index is 1.83. The molecule has 2 N–H and O–H groups in total. The number of anilines is 1. The van der Waals surface area contributed by atoms with Crippen LogP contribution in [-0.2, 0) is 16.1 Å². The van der Waals surface area contributed by atoms with Gasteiger partial charge in [-0.3, -0.25) is 9.59 Å². The zero-order chi connectivity index (χ0) is 18.9. The highest BCUT2D eigenvalue weighted by Crippen LogP contribution is 2.29. The second-order valence-electron chi connectivity index (χ2n) is 5.42. The van der Waals surface area contributed by atoms with Gasteiger partial charge in [-0.1, -0.05) is 12.1 Å². The molecular weight excluding hydrogens is 336 g/mol. The molecule has 0 bridgehead atoms. The number of ether oxygens (including phenoxy) is 3. The molecule has 0 aromatic heterocycles. The molecule has 0 saturated heterocycles. The lowest BCUT2D eigenvalue weighted by molar-refractivity contribution is -0.126. The number of carbonyl (C=O) groups excluding carboxylic acids is 2. The maximum absolute atomic E-state index is 12.0. The van der Waals surface area contributed by atoms with Gasteiger partial charge in [0, 0.05) is 18.3 Å². The van der Waals surface area contributed by atoms with Crippen molar-refractivity contribution in [2.75, 3.05) is 26.6 Å². The molecule has 138 valence electrons. The second kappa shape index (κ2) is 9.31. The molecule has 2 amide bonds. The Hall–Kier alpha value is -3.22. The number of methoxy groups -OCH3 is 3. The van der Waals surface area contributed by atoms with Gasteiger partial charge in [-0.2, -0.15) is 0 Å². The number of rotatable bonds is 8. The maximum atomic E-state index is 12.0. The van der Waals surface area contributed by atoms with Gasteiger partial charge < -0.3 is 24.8 Å². The summed E-state index contributed by atoms with van der Waals surface area (Å²) < 4.78 is 15.4. The van der Waals surface area contributed by atoms with E-state index < -0.39 is 5.91 Å². The van der Waals surface area contributed by atoms with Gasteiger partial charge in [0.1, 0.15) is 12.2 Å². The Bertz CT molecular complexity index is 759. The normalized spacial score (nSPS) is 9.96. The van der Waals surface area contributed by atoms with Gasteiger partial charge in [0.2, 0.25) is 11.8 Å². The van der Waals surface area contributed by atoms with E-state index in [2.05, 4.69) is 10.6 Å². The molecule has 0 saturated carbocycles. The summed E-state index contributed by atoms with van der Waals surface area (Å²) in [6, 6.07) is 12.3. The highest BCUT2D eigenvalue weighted by atomic mass is 16.5. The third kappa shape index (κ3) is 5.41. The zero-order valence-corrected chi connectivity index (χ0v) is 15.0. The van der Waals surface area contributed by atoms with Gasteiger partial charge in [-0.05, 0) is 29.8 Å². The van der Waals surface area contributed by atoms with Crippen LogP contribution in [0.15, 0.2) is 42.5 Å². The second-order valence-corrected chi connectivity index (χ2v) is 5.42. The largest absolute Gasteiger partial charge is 0.497 e. The molecule has 0 atom stereocenters. The van der Waals surface area contributed by atoms with Crippen molar-refractivity contribution in [3.63, 3.8) is 0 Å². The zero-order valence-electron chi connectivity index (χ0n) is 15.0. The van der Waals surface area contributed by atoms with Crippen molar-refractivity contribution in [2.45, 2.75) is 13.0 Å². The van der Waals surface area contributed by atoms with Crippen molar-refractivity contribution in [3.8, 4) is 17.2 Å². The molecule has 7 nitrogen and oxygen atoms in total. The monoisotopic (exact) mass is 358 g/mol. The number of nitrogens with one attached hydrogen (secondary N) is 2. The van der Waals surface area contributed by atoms with Gasteiger partial charge in [-0.15, -0.1) is 0 Å². The first-order valence-electron chi connectivity index (χ1n) is 7.97. The molecule has 0 radical (unpaired) electrons. The molecule has 7 heteroatoms. The summed E-state index contributed by atoms with van der Waals surface area (Å²) in [4.78, 5) is 23.9. The summed E-state index contributed by atoms with van der Waals surface area (Å²) in [5, 5.41) is 5.37. The molecular formula is C19H22N2O5. The third-order valence-electron chi connectivity index (χ3n) is 3.64. The van der Waals surface area contributed by atoms with Crippen molar-refractivity contribution in [1.29, 1.82) is 0 Å². The number of benzene rings is 2. The molecule has 2 aromatic carbocycles. The standard InChI is InChI=1S/C19H22N2O5/c1-24-15-7-4-13(5-8-15)12-20-18(22)11-19(23)21-14-6-9-16(25-2)17(10-14)26-3/h4-10H,11-12H2,1-3H3,(H,20,22)(H,21,23). The Labute approximate surface area is 152 Å². The summed E-state index contributed by atoms with van der Waals surface area (Å²) in [5.74, 6) is 1.02. The van der Waals surface area contributed by atoms with Gasteiger partial charge in [0.25, 0.3) is 0 Å². The molecule has 0 unspecified atom stereocenters. The number of hydrogen-bond acceptors (Lipinski definition) is 5. The number of amides is 2. The molecule has 0 aliphatic rings. The fourth-order valence-corrected chi connectivity index (χ4v) is 2.27. The molecule has 0 heterocycles. The van der Waals surface area contributed by atoms with E-state index in [9.17, 15) is 9.59 Å². The van der Waals surface area contributed by atoms with Crippen molar-refractivity contribution in [3.05, 3.63) is 48.0 Å². The minimum absolute atomic E-state index is 0.273. The minimum Gasteiger partial charge on any atom is -0.497 e. The van der Waals surface area contributed by atoms with Crippen LogP contribution in [0, 0.1) is 0 Å². The van der Waals surface area contributed by atoms with E-state index in [1.165, 1.54) is 14.2 Å². The summed E-state index contributed by atoms with van der Waals surface area (Å²) >= 11 is 0. The van der Waals surface area contributed by atoms with E-state index in [1.807, 2.05) is 24.3 Å². The van der Waals surface area contributed by atoms with E-state index in [0.717, 1.165) is 11.3 Å². The van der Waals surface area contributed by atoms with E-state index in [1.54, 1.807) is 25.3 Å². The Morgan fingerprint density at radius 2 is 1.54 bits per heavy atom. The smallest absolute Gasteiger partial charge is 0.233 e. The van der Waals surface area contributed by atoms with Crippen LogP contribution in [0.25, 0.3) is 0 Å². The lowest BCUT2D eigenvalue weighted by atomic mass is 10.2. The lowest BCUT2D eigenvalue weighted by Gasteiger charge is -2.11. The van der Waals surface area contributed by atoms with Crippen LogP contribution >= 0.6 is 0 Å². The van der Waals surface area contributed by atoms with Crippen LogP contribution < -0.4 is 24.8 Å². The van der Waals surface area contributed by atoms with E-state index in [4.69, 9.17) is 14.2 Å². The highest BCUT2D eigenvalue weighted by Gasteiger charge is 2.11. The lowest BCUT2D eigenvalue weighted by Crippen LogP contribution is -2.27. The molecule has 0 aliphatic carbocycles. The van der Waals surface area contributed by atoms with Crippen LogP contribution in [0.4, 0.5) is 5.69 Å². The topological polar surface area (TPSA) is 85.9 Å². The fourth-order valence-electron chi connectivity index (χ4n) is 2.27. The first-order valence-corrected chi connectivity index (χ1v) is 7.97. The Morgan fingerprint density at radius 1 is 0.846 bits per heavy atom. The van der Waals surface area contributed by atoms with Gasteiger partial charge in [0.05, 0.1) is 21.3 Å². The molecule has 0 aliphatic heterocycles. The van der Waals surface area contributed by atoms with E-state index in [0.29, 0.717) is 23.7 Å². The van der Waals surface area contributed by atoms with E-state index in [-0.39, 0.29) is 12.3 Å². The van der Waals surface area contributed by atoms with Crippen LogP contribution in [0.5, 0.6) is 17.2 Å². The summed E-state index contributed by atoms with van der Waals surface area (Å²) in [5.41, 5.74) is 1.44. The SMILES string of the molecule is COc1ccc(CNC(=O)CC(=O)Nc2ccc(OC)c(OC)c2)cc1. The van der Waals surface area contributed by atoms with Crippen molar-refractivity contribution < 1.29 is 23.8 Å². The first-order chi connectivity index (χ1) is 12.5. The highest BCUT2D eigenvalue weighted by molar-refractivity contribution is 6.03. The minimum atomic E-state index is -0.413. The number of hydrogen-bond donors (Lipinski definition) is 2. The van der Waals surface area contributed by atoms with Crippen molar-refractivity contribution >= 4 is 17.5 Å². The summed E-state index contributed by atoms with van der Waals surface area (Å²) in [6.45, 7) is 0.340. The predicted molar refractivity (Wildman–Crippen MR) is 97.6 cm³/mol. The molecule has 2 aromatic rings. The fraction of sp³-hybridized carbons (Fsp3) is 0.263. The molecule has 2 rings (SSSR count). The van der Waals surface area contributed by atoms with Gasteiger partial charge in [0.15, 0.2) is 11.5 Å². The average molecular weight is 358 g/mol. The predicted octanol–water partition coefficient (Wildman–Crippen LogP) is 2.36. The van der Waals surface area contributed by atoms with Gasteiger partial charge in [-0.25, -0.2) is 0 Å². The van der Waals surface area contributed by atoms with E-state index >= 15 is 0 Å². The average Bonchev–Trinajstić information content (AvgIpc) is 2.66. The molecule has 0 spiro atoms. The first kappa shape index (κ1) is 19.1. The van der Waals surface area contributed by atoms with Crippen LogP contribution in [0.1, 0.15) is 12.0 Å². The summed E-state index contributed by atoms with van der Waals surface area (Å²) in [6.07, 6.45) is -0.273. The maximum Gasteiger partial charge on any atom is 0.233 e.